The summed E-state index contributed by atoms with van der Waals surface area (Å²) in [4.78, 5) is 25.1. The van der Waals surface area contributed by atoms with Crippen molar-refractivity contribution in [1.29, 1.82) is 0 Å². The molecule has 2 heterocycles. The number of benzene rings is 2. The van der Waals surface area contributed by atoms with Crippen molar-refractivity contribution in [2.45, 2.75) is 44.2 Å². The van der Waals surface area contributed by atoms with Crippen LogP contribution in [0.15, 0.2) is 53.6 Å². The maximum absolute atomic E-state index is 12.8. The Labute approximate surface area is 252 Å². The van der Waals surface area contributed by atoms with Crippen LogP contribution < -0.4 is 10.6 Å². The van der Waals surface area contributed by atoms with E-state index in [9.17, 15) is 13.2 Å². The number of fused-ring (bicyclic) bond motifs is 1. The first-order valence-electron chi connectivity index (χ1n) is 13.6. The molecule has 4 rings (SSSR count). The zero-order valence-electron chi connectivity index (χ0n) is 24.8. The fraction of sp³-hybridized carbons (Fsp3) is 0.414. The fourth-order valence-corrected chi connectivity index (χ4v) is 5.55. The Bertz CT molecular complexity index is 1540. The molecular weight excluding hydrogens is 578 g/mol. The molecule has 1 aromatic heterocycles. The van der Waals surface area contributed by atoms with Crippen LogP contribution in [0.1, 0.15) is 31.9 Å². The summed E-state index contributed by atoms with van der Waals surface area (Å²) in [7, 11) is 1.03. The van der Waals surface area contributed by atoms with Crippen LogP contribution in [-0.2, 0) is 27.7 Å². The van der Waals surface area contributed by atoms with E-state index in [4.69, 9.17) is 16.3 Å². The number of aromatic nitrogens is 2. The second-order valence-corrected chi connectivity index (χ2v) is 13.9. The highest BCUT2D eigenvalue weighted by atomic mass is 35.5. The van der Waals surface area contributed by atoms with Gasteiger partial charge in [0.25, 0.3) is 0 Å². The van der Waals surface area contributed by atoms with Gasteiger partial charge in [-0.05, 0) is 62.6 Å². The topological polar surface area (TPSA) is 120 Å². The predicted molar refractivity (Wildman–Crippen MR) is 165 cm³/mol. The maximum atomic E-state index is 12.8. The Balaban J connectivity index is 1.41. The van der Waals surface area contributed by atoms with Crippen molar-refractivity contribution in [2.75, 3.05) is 51.4 Å². The molecule has 0 fully saturated rings. The van der Waals surface area contributed by atoms with Crippen LogP contribution in [-0.4, -0.2) is 85.0 Å². The van der Waals surface area contributed by atoms with Gasteiger partial charge in [-0.3, -0.25) is 4.90 Å². The van der Waals surface area contributed by atoms with Crippen LogP contribution in [0, 0.1) is 0 Å². The van der Waals surface area contributed by atoms with Gasteiger partial charge < -0.3 is 20.3 Å². The number of likely N-dealkylation sites (N-methyl/N-ethyl adjacent to an activating group) is 1. The van der Waals surface area contributed by atoms with Crippen LogP contribution in [0.3, 0.4) is 0 Å². The second-order valence-electron chi connectivity index (χ2n) is 11.3. The molecule has 1 aliphatic rings. The quantitative estimate of drug-likeness (QED) is 0.339. The van der Waals surface area contributed by atoms with Gasteiger partial charge in [-0.1, -0.05) is 29.8 Å². The van der Waals surface area contributed by atoms with Crippen molar-refractivity contribution >= 4 is 50.9 Å². The minimum absolute atomic E-state index is 0.111. The van der Waals surface area contributed by atoms with Crippen LogP contribution in [0.4, 0.5) is 27.9 Å². The Kier molecular flexibility index (Phi) is 9.61. The molecule has 0 unspecified atom stereocenters. The van der Waals surface area contributed by atoms with Crippen LogP contribution >= 0.6 is 11.6 Å². The molecule has 1 aliphatic heterocycles. The molecule has 0 bridgehead atoms. The third-order valence-electron chi connectivity index (χ3n) is 6.65. The van der Waals surface area contributed by atoms with Crippen LogP contribution in [0.2, 0.25) is 5.02 Å². The lowest BCUT2D eigenvalue weighted by molar-refractivity contribution is 0.0281. The van der Waals surface area contributed by atoms with Gasteiger partial charge in [-0.25, -0.2) is 22.5 Å². The van der Waals surface area contributed by atoms with E-state index in [1.165, 1.54) is 37.5 Å². The molecule has 0 aliphatic carbocycles. The van der Waals surface area contributed by atoms with Crippen molar-refractivity contribution in [3.63, 3.8) is 0 Å². The van der Waals surface area contributed by atoms with Crippen molar-refractivity contribution in [1.82, 2.24) is 24.1 Å². The van der Waals surface area contributed by atoms with E-state index < -0.39 is 15.6 Å². The highest BCUT2D eigenvalue weighted by Crippen LogP contribution is 2.30. The average molecular weight is 616 g/mol. The molecule has 13 heteroatoms. The molecule has 0 atom stereocenters. The van der Waals surface area contributed by atoms with Crippen molar-refractivity contribution in [3.8, 4) is 0 Å². The molecule has 3 aromatic rings. The number of anilines is 4. The highest BCUT2D eigenvalue weighted by Gasteiger charge is 2.23. The van der Waals surface area contributed by atoms with E-state index in [1.54, 1.807) is 30.1 Å². The fourth-order valence-electron chi connectivity index (χ4n) is 4.37. The molecule has 0 saturated carbocycles. The first kappa shape index (κ1) is 31.5. The molecule has 0 radical (unpaired) electrons. The van der Waals surface area contributed by atoms with Gasteiger partial charge in [0.05, 0.1) is 11.9 Å². The highest BCUT2D eigenvalue weighted by molar-refractivity contribution is 7.89. The Hall–Kier alpha value is -3.45. The number of nitrogens with one attached hydrogen (secondary N) is 2. The number of hydrogen-bond acceptors (Lipinski definition) is 9. The third kappa shape index (κ3) is 7.88. The number of ether oxygens (including phenoxy) is 1. The van der Waals surface area contributed by atoms with E-state index >= 15 is 0 Å². The number of para-hydroxylation sites is 1. The zero-order chi connectivity index (χ0) is 30.7. The van der Waals surface area contributed by atoms with Gasteiger partial charge in [-0.15, -0.1) is 0 Å². The predicted octanol–water partition coefficient (Wildman–Crippen LogP) is 5.09. The number of carbonyl (C=O) groups excluding carboxylic acids is 1. The Morgan fingerprint density at radius 1 is 1.10 bits per heavy atom. The summed E-state index contributed by atoms with van der Waals surface area (Å²) in [6.07, 6.45) is 2.01. The molecule has 2 aromatic carbocycles. The average Bonchev–Trinajstić information content (AvgIpc) is 2.92. The standard InChI is InChI=1S/C29H38ClN7O4S/c1-29(2,3)41-28(38)36(6)15-16-37-14-13-20-17-22(12-11-21(20)19-37)32-27-31-18-23(30)26(34-27)33-24-9-7-8-10-25(24)42(39,40)35(4)5/h7-12,17-18H,13-16,19H2,1-6H3,(H2,31,32,33,34). The number of rotatable bonds is 9. The first-order valence-corrected chi connectivity index (χ1v) is 15.4. The lowest BCUT2D eigenvalue weighted by atomic mass is 9.99. The van der Waals surface area contributed by atoms with Crippen molar-refractivity contribution < 1.29 is 17.9 Å². The number of halogens is 1. The summed E-state index contributed by atoms with van der Waals surface area (Å²) in [5, 5.41) is 6.54. The van der Waals surface area contributed by atoms with E-state index in [1.807, 2.05) is 26.8 Å². The summed E-state index contributed by atoms with van der Waals surface area (Å²) < 4.78 is 32.2. The Morgan fingerprint density at radius 3 is 2.55 bits per heavy atom. The molecule has 0 spiro atoms. The molecule has 226 valence electrons. The van der Waals surface area contributed by atoms with Gasteiger partial charge in [0.2, 0.25) is 16.0 Å². The number of carbonyl (C=O) groups is 1. The number of hydrogen-bond donors (Lipinski definition) is 2. The number of sulfonamides is 1. The summed E-state index contributed by atoms with van der Waals surface area (Å²) in [5.74, 6) is 0.595. The molecule has 11 nitrogen and oxygen atoms in total. The minimum Gasteiger partial charge on any atom is -0.444 e. The number of amides is 1. The largest absolute Gasteiger partial charge is 0.444 e. The Morgan fingerprint density at radius 2 is 1.83 bits per heavy atom. The van der Waals surface area contributed by atoms with Crippen LogP contribution in [0.5, 0.6) is 0 Å². The van der Waals surface area contributed by atoms with Gasteiger partial charge in [0, 0.05) is 53.0 Å². The zero-order valence-corrected chi connectivity index (χ0v) is 26.4. The molecular formula is C29H38ClN7O4S. The maximum Gasteiger partial charge on any atom is 0.410 e. The van der Waals surface area contributed by atoms with Gasteiger partial charge >= 0.3 is 6.09 Å². The minimum atomic E-state index is -3.69. The van der Waals surface area contributed by atoms with Gasteiger partial charge in [0.1, 0.15) is 15.5 Å². The molecule has 2 N–H and O–H groups in total. The van der Waals surface area contributed by atoms with Crippen LogP contribution in [0.25, 0.3) is 0 Å². The van der Waals surface area contributed by atoms with E-state index in [0.29, 0.717) is 18.2 Å². The number of nitrogens with zero attached hydrogens (tertiary/aromatic N) is 5. The summed E-state index contributed by atoms with van der Waals surface area (Å²) in [6.45, 7) is 8.58. The summed E-state index contributed by atoms with van der Waals surface area (Å²) >= 11 is 6.37. The van der Waals surface area contributed by atoms with Gasteiger partial charge in [0.15, 0.2) is 5.82 Å². The van der Waals surface area contributed by atoms with Gasteiger partial charge in [-0.2, -0.15) is 4.98 Å². The SMILES string of the molecule is CN(CCN1CCc2cc(Nc3ncc(Cl)c(Nc4ccccc4S(=O)(=O)N(C)C)n3)ccc2C1)C(=O)OC(C)(C)C. The molecule has 1 amide bonds. The monoisotopic (exact) mass is 615 g/mol. The lowest BCUT2D eigenvalue weighted by Gasteiger charge is -2.31. The lowest BCUT2D eigenvalue weighted by Crippen LogP contribution is -2.40. The molecule has 42 heavy (non-hydrogen) atoms. The van der Waals surface area contributed by atoms with E-state index in [-0.39, 0.29) is 21.8 Å². The molecule has 0 saturated heterocycles. The second kappa shape index (κ2) is 12.8. The van der Waals surface area contributed by atoms with Crippen molar-refractivity contribution in [3.05, 3.63) is 64.8 Å². The normalized spacial score (nSPS) is 13.9. The first-order chi connectivity index (χ1) is 19.7. The van der Waals surface area contributed by atoms with E-state index in [2.05, 4.69) is 37.6 Å². The summed E-state index contributed by atoms with van der Waals surface area (Å²) in [5.41, 5.74) is 3.12. The smallest absolute Gasteiger partial charge is 0.410 e. The van der Waals surface area contributed by atoms with Crippen molar-refractivity contribution in [2.24, 2.45) is 0 Å². The summed E-state index contributed by atoms with van der Waals surface area (Å²) in [6, 6.07) is 12.7. The third-order valence-corrected chi connectivity index (χ3v) is 8.80. The van der Waals surface area contributed by atoms with E-state index in [0.717, 1.165) is 36.0 Å².